The first-order valence-corrected chi connectivity index (χ1v) is 10.5. The highest BCUT2D eigenvalue weighted by Crippen LogP contribution is 2.37. The molecular formula is C20H23ClO9S. The molecule has 1 aromatic carbocycles. The summed E-state index contributed by atoms with van der Waals surface area (Å²) in [5.74, 6) is -2.57. The molecule has 0 radical (unpaired) electrons. The van der Waals surface area contributed by atoms with E-state index in [-0.39, 0.29) is 6.61 Å². The van der Waals surface area contributed by atoms with Crippen molar-refractivity contribution in [3.63, 3.8) is 0 Å². The van der Waals surface area contributed by atoms with E-state index in [2.05, 4.69) is 0 Å². The second kappa shape index (κ2) is 11.4. The van der Waals surface area contributed by atoms with E-state index in [0.717, 1.165) is 4.90 Å². The first kappa shape index (κ1) is 25.0. The summed E-state index contributed by atoms with van der Waals surface area (Å²) >= 11 is 7.11. The highest BCUT2D eigenvalue weighted by atomic mass is 35.5. The molecule has 1 aliphatic rings. The van der Waals surface area contributed by atoms with Crippen molar-refractivity contribution in [2.24, 2.45) is 0 Å². The fourth-order valence-electron chi connectivity index (χ4n) is 2.93. The maximum Gasteiger partial charge on any atom is 0.303 e. The highest BCUT2D eigenvalue weighted by Gasteiger charge is 2.52. The van der Waals surface area contributed by atoms with Crippen molar-refractivity contribution in [2.45, 2.75) is 62.4 Å². The third kappa shape index (κ3) is 7.71. The van der Waals surface area contributed by atoms with Gasteiger partial charge in [-0.25, -0.2) is 0 Å². The van der Waals surface area contributed by atoms with Crippen LogP contribution in [0.15, 0.2) is 29.2 Å². The monoisotopic (exact) mass is 474 g/mol. The molecule has 170 valence electrons. The van der Waals surface area contributed by atoms with Crippen molar-refractivity contribution >= 4 is 47.2 Å². The van der Waals surface area contributed by atoms with E-state index in [4.69, 9.17) is 35.3 Å². The Kier molecular flexibility index (Phi) is 9.15. The molecule has 0 spiro atoms. The van der Waals surface area contributed by atoms with Crippen molar-refractivity contribution in [2.75, 3.05) is 6.61 Å². The van der Waals surface area contributed by atoms with Crippen molar-refractivity contribution < 1.29 is 42.9 Å². The normalized spacial score (nSPS) is 25.3. The van der Waals surface area contributed by atoms with E-state index >= 15 is 0 Å². The van der Waals surface area contributed by atoms with Crippen LogP contribution in [0.5, 0.6) is 0 Å². The quantitative estimate of drug-likeness (QED) is 0.431. The molecule has 5 atom stereocenters. The molecule has 1 aliphatic heterocycles. The summed E-state index contributed by atoms with van der Waals surface area (Å²) in [5, 5.41) is 0.533. The van der Waals surface area contributed by atoms with E-state index in [1.807, 2.05) is 0 Å². The zero-order chi connectivity index (χ0) is 23.1. The van der Waals surface area contributed by atoms with Crippen molar-refractivity contribution in [3.8, 4) is 0 Å². The summed E-state index contributed by atoms with van der Waals surface area (Å²) in [7, 11) is 0. The molecule has 1 saturated heterocycles. The molecule has 9 nitrogen and oxygen atoms in total. The predicted octanol–water partition coefficient (Wildman–Crippen LogP) is 2.52. The molecule has 31 heavy (non-hydrogen) atoms. The summed E-state index contributed by atoms with van der Waals surface area (Å²) in [6, 6.07) is 6.83. The molecule has 1 fully saturated rings. The second-order valence-electron chi connectivity index (χ2n) is 6.64. The highest BCUT2D eigenvalue weighted by molar-refractivity contribution is 7.99. The van der Waals surface area contributed by atoms with E-state index in [1.165, 1.54) is 39.5 Å². The summed E-state index contributed by atoms with van der Waals surface area (Å²) in [6.45, 7) is 4.49. The topological polar surface area (TPSA) is 114 Å². The number of ether oxygens (including phenoxy) is 5. The molecule has 11 heteroatoms. The maximum atomic E-state index is 11.8. The molecule has 1 heterocycles. The van der Waals surface area contributed by atoms with Crippen LogP contribution >= 0.6 is 23.4 Å². The molecule has 0 unspecified atom stereocenters. The fourth-order valence-corrected chi connectivity index (χ4v) is 4.16. The molecule has 0 bridgehead atoms. The van der Waals surface area contributed by atoms with Gasteiger partial charge in [0.25, 0.3) is 0 Å². The molecule has 0 aliphatic carbocycles. The Bertz CT molecular complexity index is 813. The number of hydrogen-bond donors (Lipinski definition) is 0. The summed E-state index contributed by atoms with van der Waals surface area (Å²) < 4.78 is 27.2. The Hall–Kier alpha value is -2.30. The number of carbonyl (C=O) groups is 4. The zero-order valence-corrected chi connectivity index (χ0v) is 18.9. The largest absolute Gasteiger partial charge is 0.463 e. The van der Waals surface area contributed by atoms with Crippen molar-refractivity contribution in [1.82, 2.24) is 0 Å². The standard InChI is InChI=1S/C20H23ClO9S/c1-10(22)26-9-16-17(27-11(2)23)18(28-12(3)24)19(29-13(4)25)20(30-16)31-15-7-5-14(21)6-8-15/h5-8,16-20H,9H2,1-4H3/t16-,17+,18+,19+,20+/m0/s1. The van der Waals surface area contributed by atoms with Crippen molar-refractivity contribution in [1.29, 1.82) is 0 Å². The minimum atomic E-state index is -1.19. The van der Waals surface area contributed by atoms with Crippen LogP contribution in [0.2, 0.25) is 5.02 Å². The Labute approximate surface area is 188 Å². The van der Waals surface area contributed by atoms with Gasteiger partial charge < -0.3 is 23.7 Å². The van der Waals surface area contributed by atoms with Gasteiger partial charge in [0.15, 0.2) is 18.3 Å². The zero-order valence-electron chi connectivity index (χ0n) is 17.4. The van der Waals surface area contributed by atoms with E-state index < -0.39 is 53.7 Å². The number of carbonyl (C=O) groups excluding carboxylic acids is 4. The number of rotatable bonds is 7. The predicted molar refractivity (Wildman–Crippen MR) is 109 cm³/mol. The Morgan fingerprint density at radius 3 is 1.87 bits per heavy atom. The van der Waals surface area contributed by atoms with Crippen LogP contribution in [-0.4, -0.2) is 60.3 Å². The minimum absolute atomic E-state index is 0.268. The number of thioether (sulfide) groups is 1. The van der Waals surface area contributed by atoms with Gasteiger partial charge in [0.05, 0.1) is 0 Å². The summed E-state index contributed by atoms with van der Waals surface area (Å²) in [4.78, 5) is 47.4. The van der Waals surface area contributed by atoms with E-state index in [1.54, 1.807) is 24.3 Å². The lowest BCUT2D eigenvalue weighted by molar-refractivity contribution is -0.237. The summed E-state index contributed by atoms with van der Waals surface area (Å²) in [6.07, 6.45) is -4.45. The fraction of sp³-hybridized carbons (Fsp3) is 0.500. The van der Waals surface area contributed by atoms with Gasteiger partial charge in [0, 0.05) is 37.6 Å². The third-order valence-electron chi connectivity index (χ3n) is 4.01. The van der Waals surface area contributed by atoms with E-state index in [9.17, 15) is 19.2 Å². The molecule has 0 aromatic heterocycles. The summed E-state index contributed by atoms with van der Waals surface area (Å²) in [5.41, 5.74) is -0.873. The second-order valence-corrected chi connectivity index (χ2v) is 8.25. The molecular weight excluding hydrogens is 452 g/mol. The lowest BCUT2D eigenvalue weighted by atomic mass is 9.99. The Balaban J connectivity index is 2.43. The smallest absolute Gasteiger partial charge is 0.303 e. The average Bonchev–Trinajstić information content (AvgIpc) is 2.65. The van der Waals surface area contributed by atoms with Crippen LogP contribution in [-0.2, 0) is 42.9 Å². The first-order valence-electron chi connectivity index (χ1n) is 9.29. The lowest BCUT2D eigenvalue weighted by Crippen LogP contribution is -2.61. The van der Waals surface area contributed by atoms with E-state index in [0.29, 0.717) is 5.02 Å². The van der Waals surface area contributed by atoms with Crippen LogP contribution < -0.4 is 0 Å². The third-order valence-corrected chi connectivity index (χ3v) is 5.42. The molecule has 0 saturated carbocycles. The SMILES string of the molecule is CC(=O)OC[C@@H]1O[C@H](Sc2ccc(Cl)cc2)[C@H](OC(C)=O)[C@H](OC(C)=O)[C@@H]1OC(C)=O. The van der Waals surface area contributed by atoms with Crippen LogP contribution in [0, 0.1) is 0 Å². The van der Waals surface area contributed by atoms with Gasteiger partial charge in [-0.1, -0.05) is 23.4 Å². The number of halogens is 1. The number of benzene rings is 1. The van der Waals surface area contributed by atoms with Gasteiger partial charge in [-0.3, -0.25) is 19.2 Å². The van der Waals surface area contributed by atoms with Gasteiger partial charge in [0.1, 0.15) is 18.1 Å². The van der Waals surface area contributed by atoms with Crippen LogP contribution in [0.25, 0.3) is 0 Å². The van der Waals surface area contributed by atoms with Crippen LogP contribution in [0.3, 0.4) is 0 Å². The van der Waals surface area contributed by atoms with Crippen molar-refractivity contribution in [3.05, 3.63) is 29.3 Å². The lowest BCUT2D eigenvalue weighted by Gasteiger charge is -2.44. The molecule has 2 rings (SSSR count). The first-order chi connectivity index (χ1) is 14.6. The van der Waals surface area contributed by atoms with Crippen LogP contribution in [0.1, 0.15) is 27.7 Å². The van der Waals surface area contributed by atoms with Crippen LogP contribution in [0.4, 0.5) is 0 Å². The molecule has 0 amide bonds. The Morgan fingerprint density at radius 1 is 0.839 bits per heavy atom. The molecule has 1 aromatic rings. The minimum Gasteiger partial charge on any atom is -0.463 e. The number of hydrogen-bond acceptors (Lipinski definition) is 10. The van der Waals surface area contributed by atoms with Gasteiger partial charge in [-0.15, -0.1) is 0 Å². The Morgan fingerprint density at radius 2 is 1.35 bits per heavy atom. The molecule has 0 N–H and O–H groups in total. The van der Waals surface area contributed by atoms with Gasteiger partial charge >= 0.3 is 23.9 Å². The van der Waals surface area contributed by atoms with Gasteiger partial charge in [-0.2, -0.15) is 0 Å². The van der Waals surface area contributed by atoms with Gasteiger partial charge in [-0.05, 0) is 24.3 Å². The maximum absolute atomic E-state index is 11.8. The van der Waals surface area contributed by atoms with Gasteiger partial charge in [0.2, 0.25) is 0 Å². The number of esters is 4. The average molecular weight is 475 g/mol.